The van der Waals surface area contributed by atoms with Crippen LogP contribution in [-0.2, 0) is 4.74 Å². The van der Waals surface area contributed by atoms with Crippen molar-refractivity contribution in [1.29, 1.82) is 0 Å². The van der Waals surface area contributed by atoms with Crippen molar-refractivity contribution in [2.24, 2.45) is 11.7 Å². The maximum Gasteiger partial charge on any atom is 0.0576 e. The van der Waals surface area contributed by atoms with Gasteiger partial charge in [0.15, 0.2) is 0 Å². The second-order valence-electron chi connectivity index (χ2n) is 5.55. The second-order valence-corrected chi connectivity index (χ2v) is 5.55. The molecule has 0 aromatic rings. The maximum atomic E-state index is 6.45. The molecule has 1 saturated heterocycles. The topological polar surface area (TPSA) is 35.2 Å². The van der Waals surface area contributed by atoms with Gasteiger partial charge in [-0.3, -0.25) is 0 Å². The molecular formula is C13H25NO. The summed E-state index contributed by atoms with van der Waals surface area (Å²) in [6.45, 7) is 3.26. The first-order chi connectivity index (χ1) is 7.22. The molecule has 15 heavy (non-hydrogen) atoms. The van der Waals surface area contributed by atoms with Gasteiger partial charge in [0.1, 0.15) is 0 Å². The van der Waals surface area contributed by atoms with Crippen molar-refractivity contribution >= 4 is 0 Å². The van der Waals surface area contributed by atoms with E-state index in [1.165, 1.54) is 51.4 Å². The van der Waals surface area contributed by atoms with E-state index in [0.29, 0.717) is 6.10 Å². The molecule has 2 fully saturated rings. The smallest absolute Gasteiger partial charge is 0.0576 e. The Morgan fingerprint density at radius 1 is 1.40 bits per heavy atom. The molecule has 2 rings (SSSR count). The summed E-state index contributed by atoms with van der Waals surface area (Å²) in [5, 5.41) is 0. The third-order valence-electron chi connectivity index (χ3n) is 4.31. The van der Waals surface area contributed by atoms with Gasteiger partial charge in [-0.05, 0) is 50.9 Å². The first kappa shape index (κ1) is 11.4. The van der Waals surface area contributed by atoms with Crippen molar-refractivity contribution in [2.75, 3.05) is 6.61 Å². The van der Waals surface area contributed by atoms with Crippen LogP contribution in [0.1, 0.15) is 58.3 Å². The fourth-order valence-electron chi connectivity index (χ4n) is 3.17. The van der Waals surface area contributed by atoms with Crippen LogP contribution >= 0.6 is 0 Å². The molecule has 1 saturated carbocycles. The average molecular weight is 211 g/mol. The normalized spacial score (nSPS) is 41.2. The summed E-state index contributed by atoms with van der Waals surface area (Å²) in [6.07, 6.45) is 10.5. The third-order valence-corrected chi connectivity index (χ3v) is 4.31. The lowest BCUT2D eigenvalue weighted by molar-refractivity contribution is 0.0958. The van der Waals surface area contributed by atoms with Crippen LogP contribution in [0.4, 0.5) is 0 Å². The lowest BCUT2D eigenvalue weighted by Gasteiger charge is -2.25. The molecule has 0 radical (unpaired) electrons. The lowest BCUT2D eigenvalue weighted by atomic mass is 9.89. The van der Waals surface area contributed by atoms with Gasteiger partial charge >= 0.3 is 0 Å². The van der Waals surface area contributed by atoms with Crippen LogP contribution in [0, 0.1) is 5.92 Å². The zero-order valence-corrected chi connectivity index (χ0v) is 10.0. The Hall–Kier alpha value is -0.0800. The molecule has 2 N–H and O–H groups in total. The van der Waals surface area contributed by atoms with Crippen LogP contribution in [0.3, 0.4) is 0 Å². The molecule has 2 nitrogen and oxygen atoms in total. The van der Waals surface area contributed by atoms with E-state index in [1.54, 1.807) is 0 Å². The van der Waals surface area contributed by atoms with Crippen molar-refractivity contribution in [1.82, 2.24) is 0 Å². The molecule has 1 aliphatic heterocycles. The van der Waals surface area contributed by atoms with Gasteiger partial charge < -0.3 is 10.5 Å². The van der Waals surface area contributed by atoms with E-state index >= 15 is 0 Å². The summed E-state index contributed by atoms with van der Waals surface area (Å²) in [5.74, 6) is 0.888. The molecule has 0 aromatic carbocycles. The summed E-state index contributed by atoms with van der Waals surface area (Å²) < 4.78 is 5.66. The minimum Gasteiger partial charge on any atom is -0.378 e. The molecule has 3 unspecified atom stereocenters. The van der Waals surface area contributed by atoms with Crippen molar-refractivity contribution in [3.8, 4) is 0 Å². The monoisotopic (exact) mass is 211 g/mol. The molecule has 3 atom stereocenters. The highest BCUT2D eigenvalue weighted by atomic mass is 16.5. The SMILES string of the molecule is CCC1CCC(N)(CCC2CCCO2)C1. The minimum atomic E-state index is 0.145. The van der Waals surface area contributed by atoms with Crippen LogP contribution in [0.15, 0.2) is 0 Å². The van der Waals surface area contributed by atoms with Crippen molar-refractivity contribution in [2.45, 2.75) is 69.9 Å². The van der Waals surface area contributed by atoms with E-state index in [1.807, 2.05) is 0 Å². The average Bonchev–Trinajstić information content (AvgIpc) is 2.84. The Bertz CT molecular complexity index is 201. The highest BCUT2D eigenvalue weighted by Crippen LogP contribution is 2.38. The van der Waals surface area contributed by atoms with Gasteiger partial charge in [0.05, 0.1) is 6.10 Å². The molecule has 1 heterocycles. The van der Waals surface area contributed by atoms with Gasteiger partial charge in [0, 0.05) is 12.1 Å². The zero-order valence-electron chi connectivity index (χ0n) is 10.0. The van der Waals surface area contributed by atoms with Crippen LogP contribution in [0.5, 0.6) is 0 Å². The Morgan fingerprint density at radius 2 is 2.27 bits per heavy atom. The minimum absolute atomic E-state index is 0.145. The van der Waals surface area contributed by atoms with E-state index in [9.17, 15) is 0 Å². The van der Waals surface area contributed by atoms with E-state index in [4.69, 9.17) is 10.5 Å². The van der Waals surface area contributed by atoms with Gasteiger partial charge in [-0.25, -0.2) is 0 Å². The number of hydrogen-bond donors (Lipinski definition) is 1. The summed E-state index contributed by atoms with van der Waals surface area (Å²) in [4.78, 5) is 0. The molecule has 1 aliphatic carbocycles. The third kappa shape index (κ3) is 2.94. The van der Waals surface area contributed by atoms with Gasteiger partial charge in [0.2, 0.25) is 0 Å². The van der Waals surface area contributed by atoms with E-state index in [2.05, 4.69) is 6.92 Å². The number of nitrogens with two attached hydrogens (primary N) is 1. The fraction of sp³-hybridized carbons (Fsp3) is 1.00. The fourth-order valence-corrected chi connectivity index (χ4v) is 3.17. The van der Waals surface area contributed by atoms with Gasteiger partial charge in [-0.1, -0.05) is 13.3 Å². The second kappa shape index (κ2) is 4.84. The Balaban J connectivity index is 1.73. The highest BCUT2D eigenvalue weighted by Gasteiger charge is 2.35. The van der Waals surface area contributed by atoms with Crippen molar-refractivity contribution in [3.05, 3.63) is 0 Å². The summed E-state index contributed by atoms with van der Waals surface area (Å²) in [7, 11) is 0. The Morgan fingerprint density at radius 3 is 2.87 bits per heavy atom. The maximum absolute atomic E-state index is 6.45. The molecular weight excluding hydrogens is 186 g/mol. The first-order valence-electron chi connectivity index (χ1n) is 6.62. The summed E-state index contributed by atoms with van der Waals surface area (Å²) in [6, 6.07) is 0. The number of ether oxygens (including phenoxy) is 1. The van der Waals surface area contributed by atoms with Crippen molar-refractivity contribution in [3.63, 3.8) is 0 Å². The molecule has 0 bridgehead atoms. The molecule has 88 valence electrons. The van der Waals surface area contributed by atoms with Crippen LogP contribution in [0.25, 0.3) is 0 Å². The molecule has 2 aliphatic rings. The van der Waals surface area contributed by atoms with Crippen molar-refractivity contribution < 1.29 is 4.74 Å². The Kier molecular flexibility index (Phi) is 3.68. The van der Waals surface area contributed by atoms with Gasteiger partial charge in [0.25, 0.3) is 0 Å². The van der Waals surface area contributed by atoms with E-state index in [0.717, 1.165) is 12.5 Å². The molecule has 0 amide bonds. The van der Waals surface area contributed by atoms with Gasteiger partial charge in [-0.2, -0.15) is 0 Å². The standard InChI is InChI=1S/C13H25NO/c1-2-11-5-7-13(14,10-11)8-6-12-4-3-9-15-12/h11-12H,2-10,14H2,1H3. The van der Waals surface area contributed by atoms with Crippen LogP contribution in [0.2, 0.25) is 0 Å². The zero-order chi connectivity index (χ0) is 10.7. The first-order valence-corrected chi connectivity index (χ1v) is 6.62. The molecule has 2 heteroatoms. The molecule has 0 aromatic heterocycles. The highest BCUT2D eigenvalue weighted by molar-refractivity contribution is 4.93. The predicted molar refractivity (Wildman–Crippen MR) is 62.8 cm³/mol. The van der Waals surface area contributed by atoms with E-state index in [-0.39, 0.29) is 5.54 Å². The van der Waals surface area contributed by atoms with Crippen LogP contribution < -0.4 is 5.73 Å². The summed E-state index contributed by atoms with van der Waals surface area (Å²) in [5.41, 5.74) is 6.59. The number of hydrogen-bond acceptors (Lipinski definition) is 2. The largest absolute Gasteiger partial charge is 0.378 e. The Labute approximate surface area is 93.6 Å². The van der Waals surface area contributed by atoms with Crippen LogP contribution in [-0.4, -0.2) is 18.2 Å². The lowest BCUT2D eigenvalue weighted by Crippen LogP contribution is -2.37. The quantitative estimate of drug-likeness (QED) is 0.776. The summed E-state index contributed by atoms with van der Waals surface area (Å²) >= 11 is 0. The van der Waals surface area contributed by atoms with E-state index < -0.39 is 0 Å². The van der Waals surface area contributed by atoms with Gasteiger partial charge in [-0.15, -0.1) is 0 Å². The number of rotatable bonds is 4. The predicted octanol–water partition coefficient (Wildman–Crippen LogP) is 2.85. The molecule has 0 spiro atoms.